The number of hydrogen-bond acceptors (Lipinski definition) is 10. The van der Waals surface area contributed by atoms with E-state index in [1.807, 2.05) is 0 Å². The van der Waals surface area contributed by atoms with Gasteiger partial charge in [-0.15, -0.1) is 0 Å². The van der Waals surface area contributed by atoms with Crippen LogP contribution in [0.5, 0.6) is 0 Å². The van der Waals surface area contributed by atoms with Crippen LogP contribution >= 0.6 is 0 Å². The summed E-state index contributed by atoms with van der Waals surface area (Å²) in [5.74, 6) is -2.47. The van der Waals surface area contributed by atoms with Crippen molar-refractivity contribution in [2.24, 2.45) is 0 Å². The number of esters is 2. The average molecular weight is 861 g/mol. The molecular weight excluding hydrogens is 777 g/mol. The van der Waals surface area contributed by atoms with Crippen molar-refractivity contribution in [1.82, 2.24) is 0 Å². The zero-order valence-electron chi connectivity index (χ0n) is 37.9. The Labute approximate surface area is 368 Å². The standard InChI is InChI=1S/C50H84O11/c1-3-5-7-9-11-13-15-17-19-20-21-22-23-24-25-27-28-30-32-34-36-38-43(51)58-40-42(41-59-50-47(55)45(53)46(54)48(61-50)49(56)57)60-44(52)39-37-35-33-31-29-26-18-16-14-12-10-8-6-4-2/h5,7,11,13,16-19,21-22,42,45-48,50,53-55H,3-4,6,8-10,12,14-15,20,23-41H2,1-2H3,(H,56,57)/b7-5-,13-11-,18-16-,19-17-,22-21-. The van der Waals surface area contributed by atoms with Gasteiger partial charge in [0.15, 0.2) is 18.5 Å². The molecule has 11 nitrogen and oxygen atoms in total. The van der Waals surface area contributed by atoms with E-state index in [9.17, 15) is 34.8 Å². The van der Waals surface area contributed by atoms with E-state index in [1.54, 1.807) is 0 Å². The highest BCUT2D eigenvalue weighted by Crippen LogP contribution is 2.23. The molecule has 1 saturated heterocycles. The van der Waals surface area contributed by atoms with Crippen LogP contribution < -0.4 is 0 Å². The van der Waals surface area contributed by atoms with Gasteiger partial charge >= 0.3 is 17.9 Å². The normalized spacial score (nSPS) is 20.2. The van der Waals surface area contributed by atoms with Crippen molar-refractivity contribution in [2.45, 2.75) is 224 Å². The molecule has 1 heterocycles. The highest BCUT2D eigenvalue weighted by molar-refractivity contribution is 5.73. The Hall–Kier alpha value is -3.09. The Morgan fingerprint density at radius 1 is 0.525 bits per heavy atom. The van der Waals surface area contributed by atoms with Crippen LogP contribution in [0.1, 0.15) is 187 Å². The Balaban J connectivity index is 2.33. The highest BCUT2D eigenvalue weighted by atomic mass is 16.7. The number of carboxylic acid groups (broad SMARTS) is 1. The molecular formula is C50H84O11. The summed E-state index contributed by atoms with van der Waals surface area (Å²) in [6.07, 6.45) is 39.8. The second-order valence-corrected chi connectivity index (χ2v) is 16.2. The van der Waals surface area contributed by atoms with Crippen LogP contribution in [0.25, 0.3) is 0 Å². The molecule has 0 bridgehead atoms. The summed E-state index contributed by atoms with van der Waals surface area (Å²) in [5, 5.41) is 39.9. The molecule has 0 radical (unpaired) electrons. The smallest absolute Gasteiger partial charge is 0.335 e. The molecule has 0 aromatic rings. The molecule has 0 amide bonds. The first-order valence-electron chi connectivity index (χ1n) is 23.8. The zero-order chi connectivity index (χ0) is 44.6. The third kappa shape index (κ3) is 31.4. The molecule has 61 heavy (non-hydrogen) atoms. The van der Waals surface area contributed by atoms with Crippen LogP contribution in [0.3, 0.4) is 0 Å². The van der Waals surface area contributed by atoms with Crippen LogP contribution in [0.4, 0.5) is 0 Å². The molecule has 1 aliphatic heterocycles. The van der Waals surface area contributed by atoms with Crippen LogP contribution in [0.15, 0.2) is 60.8 Å². The summed E-state index contributed by atoms with van der Waals surface area (Å²) in [6, 6.07) is 0. The minimum Gasteiger partial charge on any atom is -0.479 e. The van der Waals surface area contributed by atoms with Gasteiger partial charge in [0.25, 0.3) is 0 Å². The van der Waals surface area contributed by atoms with E-state index >= 15 is 0 Å². The van der Waals surface area contributed by atoms with Crippen molar-refractivity contribution in [2.75, 3.05) is 13.2 Å². The molecule has 0 aromatic carbocycles. The molecule has 0 aromatic heterocycles. The SMILES string of the molecule is CC/C=C\C/C=C\C/C=C\C/C=C\CCCCCCCCCCC(=O)OCC(COC1OC(C(=O)O)C(O)C(O)C1O)OC(=O)CCCCCCC/C=C\CCCCCCC. The van der Waals surface area contributed by atoms with E-state index in [1.165, 1.54) is 57.8 Å². The Kier molecular flexibility index (Phi) is 36.4. The molecule has 11 heteroatoms. The number of unbranched alkanes of at least 4 members (excludes halogenated alkanes) is 18. The molecule has 0 saturated carbocycles. The largest absolute Gasteiger partial charge is 0.479 e. The number of aliphatic hydroxyl groups excluding tert-OH is 3. The number of allylic oxidation sites excluding steroid dienone is 10. The lowest BCUT2D eigenvalue weighted by atomic mass is 9.99. The quantitative estimate of drug-likeness (QED) is 0.0264. The van der Waals surface area contributed by atoms with Crippen LogP contribution in [-0.4, -0.2) is 88.4 Å². The van der Waals surface area contributed by atoms with E-state index in [0.717, 1.165) is 89.9 Å². The summed E-state index contributed by atoms with van der Waals surface area (Å²) in [7, 11) is 0. The maximum Gasteiger partial charge on any atom is 0.335 e. The van der Waals surface area contributed by atoms with Crippen molar-refractivity contribution in [3.05, 3.63) is 60.8 Å². The Morgan fingerprint density at radius 2 is 0.967 bits per heavy atom. The molecule has 6 unspecified atom stereocenters. The van der Waals surface area contributed by atoms with Gasteiger partial charge in [-0.3, -0.25) is 9.59 Å². The fraction of sp³-hybridized carbons (Fsp3) is 0.740. The third-order valence-electron chi connectivity index (χ3n) is 10.6. The van der Waals surface area contributed by atoms with Gasteiger partial charge in [0.1, 0.15) is 24.9 Å². The molecule has 0 aliphatic carbocycles. The molecule has 4 N–H and O–H groups in total. The summed E-state index contributed by atoms with van der Waals surface area (Å²) < 4.78 is 21.8. The lowest BCUT2D eigenvalue weighted by Crippen LogP contribution is -2.60. The number of hydrogen-bond donors (Lipinski definition) is 4. The van der Waals surface area contributed by atoms with Crippen molar-refractivity contribution in [1.29, 1.82) is 0 Å². The van der Waals surface area contributed by atoms with Gasteiger partial charge in [0.05, 0.1) is 6.61 Å². The molecule has 350 valence electrons. The van der Waals surface area contributed by atoms with E-state index in [4.69, 9.17) is 18.9 Å². The second-order valence-electron chi connectivity index (χ2n) is 16.2. The zero-order valence-corrected chi connectivity index (χ0v) is 37.9. The molecule has 1 rings (SSSR count). The molecule has 1 fully saturated rings. The van der Waals surface area contributed by atoms with E-state index in [0.29, 0.717) is 12.8 Å². The van der Waals surface area contributed by atoms with Gasteiger partial charge in [0, 0.05) is 12.8 Å². The van der Waals surface area contributed by atoms with E-state index in [2.05, 4.69) is 74.6 Å². The number of ether oxygens (including phenoxy) is 4. The lowest BCUT2D eigenvalue weighted by molar-refractivity contribution is -0.298. The van der Waals surface area contributed by atoms with Gasteiger partial charge in [-0.1, -0.05) is 158 Å². The van der Waals surface area contributed by atoms with E-state index in [-0.39, 0.29) is 19.4 Å². The summed E-state index contributed by atoms with van der Waals surface area (Å²) in [4.78, 5) is 36.9. The van der Waals surface area contributed by atoms with Crippen LogP contribution in [0, 0.1) is 0 Å². The first-order chi connectivity index (χ1) is 29.7. The number of aliphatic carboxylic acids is 1. The predicted molar refractivity (Wildman–Crippen MR) is 243 cm³/mol. The molecule has 1 aliphatic rings. The van der Waals surface area contributed by atoms with Crippen molar-refractivity contribution in [3.63, 3.8) is 0 Å². The number of aliphatic hydroxyl groups is 3. The third-order valence-corrected chi connectivity index (χ3v) is 10.6. The first kappa shape index (κ1) is 55.9. The summed E-state index contributed by atoms with van der Waals surface area (Å²) in [5.41, 5.74) is 0. The first-order valence-corrected chi connectivity index (χ1v) is 23.8. The number of carboxylic acids is 1. The van der Waals surface area contributed by atoms with Crippen molar-refractivity contribution in [3.8, 4) is 0 Å². The van der Waals surface area contributed by atoms with Gasteiger partial charge in [0.2, 0.25) is 0 Å². The van der Waals surface area contributed by atoms with Crippen molar-refractivity contribution < 1.29 is 53.8 Å². The predicted octanol–water partition coefficient (Wildman–Crippen LogP) is 10.7. The number of rotatable bonds is 39. The number of carbonyl (C=O) groups is 3. The summed E-state index contributed by atoms with van der Waals surface area (Å²) >= 11 is 0. The van der Waals surface area contributed by atoms with Gasteiger partial charge < -0.3 is 39.4 Å². The Morgan fingerprint density at radius 3 is 1.48 bits per heavy atom. The average Bonchev–Trinajstić information content (AvgIpc) is 3.24. The molecule has 0 spiro atoms. The second kappa shape index (κ2) is 39.7. The van der Waals surface area contributed by atoms with Crippen LogP contribution in [0.2, 0.25) is 0 Å². The van der Waals surface area contributed by atoms with Gasteiger partial charge in [-0.05, 0) is 77.0 Å². The van der Waals surface area contributed by atoms with Crippen LogP contribution in [-0.2, 0) is 33.3 Å². The van der Waals surface area contributed by atoms with Gasteiger partial charge in [-0.2, -0.15) is 0 Å². The minimum atomic E-state index is -1.87. The fourth-order valence-corrected chi connectivity index (χ4v) is 6.86. The maximum absolute atomic E-state index is 12.8. The fourth-order valence-electron chi connectivity index (χ4n) is 6.86. The Bertz CT molecular complexity index is 1240. The highest BCUT2D eigenvalue weighted by Gasteiger charge is 2.47. The minimum absolute atomic E-state index is 0.169. The topological polar surface area (TPSA) is 169 Å². The van der Waals surface area contributed by atoms with E-state index < -0.39 is 61.3 Å². The molecule has 6 atom stereocenters. The lowest BCUT2D eigenvalue weighted by Gasteiger charge is -2.38. The van der Waals surface area contributed by atoms with Gasteiger partial charge in [-0.25, -0.2) is 4.79 Å². The van der Waals surface area contributed by atoms with Crippen molar-refractivity contribution >= 4 is 17.9 Å². The monoisotopic (exact) mass is 861 g/mol. The maximum atomic E-state index is 12.8. The number of carbonyl (C=O) groups excluding carboxylic acids is 2. The summed E-state index contributed by atoms with van der Waals surface area (Å²) in [6.45, 7) is 3.68.